The van der Waals surface area contributed by atoms with Crippen molar-refractivity contribution in [3.8, 4) is 33.9 Å². The molecule has 138 valence electrons. The quantitative estimate of drug-likeness (QED) is 0.361. The smallest absolute Gasteiger partial charge is 0.257 e. The molecule has 0 unspecified atom stereocenters. The van der Waals surface area contributed by atoms with Crippen LogP contribution in [0.25, 0.3) is 33.2 Å². The van der Waals surface area contributed by atoms with Gasteiger partial charge in [-0.1, -0.05) is 44.2 Å². The predicted octanol–water partition coefficient (Wildman–Crippen LogP) is 5.93. The average Bonchev–Trinajstić information content (AvgIpc) is 2.70. The lowest BCUT2D eigenvalue weighted by molar-refractivity contribution is -0.660. The number of nitrogens with zero attached hydrogens (tertiary/aromatic N) is 2. The van der Waals surface area contributed by atoms with Crippen LogP contribution in [0.2, 0.25) is 0 Å². The number of benzene rings is 2. The van der Waals surface area contributed by atoms with Crippen molar-refractivity contribution in [3.05, 3.63) is 72.2 Å². The summed E-state index contributed by atoms with van der Waals surface area (Å²) < 4.78 is 8.66. The molecule has 3 nitrogen and oxygen atoms in total. The second-order valence-corrected chi connectivity index (χ2v) is 7.86. The molecule has 0 bridgehead atoms. The van der Waals surface area contributed by atoms with Crippen LogP contribution in [0, 0.1) is 6.92 Å². The van der Waals surface area contributed by atoms with Crippen molar-refractivity contribution in [3.63, 3.8) is 0 Å². The average molecular weight is 367 g/mol. The number of rotatable bonds is 2. The first kappa shape index (κ1) is 16.9. The van der Waals surface area contributed by atoms with Gasteiger partial charge in [-0.15, -0.1) is 0 Å². The van der Waals surface area contributed by atoms with E-state index in [2.05, 4.69) is 92.1 Å². The van der Waals surface area contributed by atoms with Gasteiger partial charge in [-0.3, -0.25) is 4.98 Å². The molecule has 0 spiro atoms. The normalized spacial score (nSPS) is 12.2. The van der Waals surface area contributed by atoms with Crippen molar-refractivity contribution in [2.45, 2.75) is 26.7 Å². The monoisotopic (exact) mass is 367 g/mol. The van der Waals surface area contributed by atoms with Crippen molar-refractivity contribution in [2.24, 2.45) is 7.05 Å². The van der Waals surface area contributed by atoms with Crippen molar-refractivity contribution >= 4 is 10.8 Å². The van der Waals surface area contributed by atoms with Crippen LogP contribution in [0.15, 0.2) is 60.9 Å². The first-order valence-corrected chi connectivity index (χ1v) is 9.74. The maximum Gasteiger partial charge on any atom is 0.257 e. The van der Waals surface area contributed by atoms with E-state index in [4.69, 9.17) is 4.74 Å². The van der Waals surface area contributed by atoms with Gasteiger partial charge in [-0.25, -0.2) is 0 Å². The maximum absolute atomic E-state index is 6.50. The lowest BCUT2D eigenvalue weighted by Gasteiger charge is -2.22. The Morgan fingerprint density at radius 2 is 1.86 bits per heavy atom. The molecule has 0 saturated carbocycles. The zero-order chi connectivity index (χ0) is 19.4. The van der Waals surface area contributed by atoms with Crippen molar-refractivity contribution in [2.75, 3.05) is 0 Å². The third-order valence-electron chi connectivity index (χ3n) is 5.63. The van der Waals surface area contributed by atoms with Gasteiger partial charge in [-0.05, 0) is 35.9 Å². The standard InChI is InChI=1S/C25H23N2O/c1-15(2)20-11-10-18(14-26-20)19-12-13-27(4)24-22-16(3)8-9-17-6-5-7-21(23(17)22)28-25(19)24/h5-15H,1-4H3/q+1. The molecule has 0 radical (unpaired) electrons. The highest BCUT2D eigenvalue weighted by molar-refractivity contribution is 6.05. The fraction of sp³-hybridized carbons (Fsp3) is 0.200. The highest BCUT2D eigenvalue weighted by Crippen LogP contribution is 2.49. The zero-order valence-electron chi connectivity index (χ0n) is 16.7. The summed E-state index contributed by atoms with van der Waals surface area (Å²) in [5, 5.41) is 2.40. The van der Waals surface area contributed by atoms with Crippen LogP contribution < -0.4 is 9.30 Å². The van der Waals surface area contributed by atoms with E-state index in [-0.39, 0.29) is 0 Å². The molecule has 0 aliphatic carbocycles. The molecule has 0 amide bonds. The first-order chi connectivity index (χ1) is 13.5. The SMILES string of the molecule is Cc1ccc2cccc3c2c1-c1c(c(-c2ccc(C(C)C)nc2)cc[n+]1C)O3. The van der Waals surface area contributed by atoms with E-state index >= 15 is 0 Å². The molecule has 28 heavy (non-hydrogen) atoms. The Kier molecular flexibility index (Phi) is 3.73. The second-order valence-electron chi connectivity index (χ2n) is 7.86. The lowest BCUT2D eigenvalue weighted by atomic mass is 9.92. The number of hydrogen-bond donors (Lipinski definition) is 0. The largest absolute Gasteiger partial charge is 0.449 e. The Hall–Kier alpha value is -3.20. The molecule has 2 aromatic carbocycles. The molecular weight excluding hydrogens is 344 g/mol. The van der Waals surface area contributed by atoms with Gasteiger partial charge in [0.15, 0.2) is 6.20 Å². The van der Waals surface area contributed by atoms with Gasteiger partial charge in [-0.2, -0.15) is 4.57 Å². The summed E-state index contributed by atoms with van der Waals surface area (Å²) >= 11 is 0. The number of aryl methyl sites for hydroxylation is 2. The molecule has 3 heteroatoms. The number of ether oxygens (including phenoxy) is 1. The van der Waals surface area contributed by atoms with Gasteiger partial charge in [0.2, 0.25) is 5.75 Å². The summed E-state index contributed by atoms with van der Waals surface area (Å²) in [5.41, 5.74) is 6.88. The summed E-state index contributed by atoms with van der Waals surface area (Å²) in [5.74, 6) is 2.24. The Morgan fingerprint density at radius 3 is 2.61 bits per heavy atom. The summed E-state index contributed by atoms with van der Waals surface area (Å²) in [4.78, 5) is 4.66. The van der Waals surface area contributed by atoms with Crippen LogP contribution in [0.5, 0.6) is 11.5 Å². The Morgan fingerprint density at radius 1 is 1.00 bits per heavy atom. The van der Waals surface area contributed by atoms with Crippen LogP contribution in [0.3, 0.4) is 0 Å². The number of pyridine rings is 2. The summed E-state index contributed by atoms with van der Waals surface area (Å²) in [6.07, 6.45) is 4.07. The fourth-order valence-electron chi connectivity index (χ4n) is 4.10. The number of hydrogen-bond acceptors (Lipinski definition) is 2. The topological polar surface area (TPSA) is 26.0 Å². The summed E-state index contributed by atoms with van der Waals surface area (Å²) in [6.45, 7) is 6.50. The van der Waals surface area contributed by atoms with E-state index in [0.29, 0.717) is 5.92 Å². The molecule has 0 saturated heterocycles. The lowest BCUT2D eigenvalue weighted by Crippen LogP contribution is -2.32. The molecular formula is C25H23N2O+. The van der Waals surface area contributed by atoms with Crippen molar-refractivity contribution in [1.82, 2.24) is 4.98 Å². The van der Waals surface area contributed by atoms with Crippen LogP contribution >= 0.6 is 0 Å². The molecule has 2 aromatic heterocycles. The second kappa shape index (κ2) is 6.16. The first-order valence-electron chi connectivity index (χ1n) is 9.74. The molecule has 4 aromatic rings. The van der Waals surface area contributed by atoms with Gasteiger partial charge in [0.1, 0.15) is 12.8 Å². The maximum atomic E-state index is 6.50. The molecule has 0 atom stereocenters. The van der Waals surface area contributed by atoms with Gasteiger partial charge < -0.3 is 4.74 Å². The molecule has 5 rings (SSSR count). The van der Waals surface area contributed by atoms with Crippen molar-refractivity contribution < 1.29 is 9.30 Å². The summed E-state index contributed by atoms with van der Waals surface area (Å²) in [6, 6.07) is 17.0. The van der Waals surface area contributed by atoms with E-state index in [1.807, 2.05) is 6.20 Å². The van der Waals surface area contributed by atoms with Gasteiger partial charge in [0.05, 0.1) is 5.56 Å². The minimum atomic E-state index is 0.417. The van der Waals surface area contributed by atoms with Crippen molar-refractivity contribution in [1.29, 1.82) is 0 Å². The third kappa shape index (κ3) is 2.43. The van der Waals surface area contributed by atoms with Gasteiger partial charge >= 0.3 is 0 Å². The minimum Gasteiger partial charge on any atom is -0.449 e. The fourth-order valence-corrected chi connectivity index (χ4v) is 4.10. The Labute approximate surface area is 165 Å². The van der Waals surface area contributed by atoms with E-state index in [0.717, 1.165) is 34.0 Å². The Bertz CT molecular complexity index is 1220. The molecule has 0 N–H and O–H groups in total. The highest BCUT2D eigenvalue weighted by Gasteiger charge is 2.31. The van der Waals surface area contributed by atoms with Gasteiger partial charge in [0.25, 0.3) is 5.69 Å². The minimum absolute atomic E-state index is 0.417. The van der Waals surface area contributed by atoms with Crippen LogP contribution in [0.1, 0.15) is 31.0 Å². The third-order valence-corrected chi connectivity index (χ3v) is 5.63. The van der Waals surface area contributed by atoms with Crippen LogP contribution in [0.4, 0.5) is 0 Å². The van der Waals surface area contributed by atoms with Crippen LogP contribution in [-0.4, -0.2) is 4.98 Å². The summed E-state index contributed by atoms with van der Waals surface area (Å²) in [7, 11) is 2.08. The number of aromatic nitrogens is 2. The van der Waals surface area contributed by atoms with E-state index in [1.165, 1.54) is 21.9 Å². The molecule has 1 aliphatic rings. The zero-order valence-corrected chi connectivity index (χ0v) is 16.7. The highest BCUT2D eigenvalue weighted by atomic mass is 16.5. The molecule has 3 heterocycles. The molecule has 0 fully saturated rings. The Balaban J connectivity index is 1.80. The van der Waals surface area contributed by atoms with Gasteiger partial charge in [0, 0.05) is 34.5 Å². The molecule has 1 aliphatic heterocycles. The van der Waals surface area contributed by atoms with E-state index in [1.54, 1.807) is 0 Å². The van der Waals surface area contributed by atoms with E-state index in [9.17, 15) is 0 Å². The van der Waals surface area contributed by atoms with E-state index < -0.39 is 0 Å². The predicted molar refractivity (Wildman–Crippen MR) is 113 cm³/mol. The number of fused-ring (bicyclic) bond motifs is 2. The van der Waals surface area contributed by atoms with Crippen LogP contribution in [-0.2, 0) is 7.05 Å².